The average molecular weight is 421 g/mol. The molecule has 0 fully saturated rings. The van der Waals surface area contributed by atoms with Gasteiger partial charge in [-0.3, -0.25) is 4.79 Å². The second-order valence-electron chi connectivity index (χ2n) is 5.71. The van der Waals surface area contributed by atoms with E-state index in [0.717, 1.165) is 0 Å². The van der Waals surface area contributed by atoms with E-state index in [0.29, 0.717) is 33.7 Å². The van der Waals surface area contributed by atoms with E-state index in [1.165, 1.54) is 52.7 Å². The molecular weight excluding hydrogens is 400 g/mol. The molecule has 1 aromatic carbocycles. The van der Waals surface area contributed by atoms with E-state index < -0.39 is 18.0 Å². The van der Waals surface area contributed by atoms with Crippen LogP contribution < -0.4 is 19.5 Å². The van der Waals surface area contributed by atoms with Crippen LogP contribution in [0.1, 0.15) is 12.5 Å². The normalized spacial score (nSPS) is 11.6. The van der Waals surface area contributed by atoms with Gasteiger partial charge >= 0.3 is 5.97 Å². The highest BCUT2D eigenvalue weighted by molar-refractivity contribution is 6.30. The zero-order chi connectivity index (χ0) is 21.4. The number of amides is 1. The SMILES string of the molecule is COc1cc(OC)c(OC)cc1/C=C/C(=O)OC(C)C(=O)Nc1ccc(Cl)cn1. The molecule has 1 unspecified atom stereocenters. The van der Waals surface area contributed by atoms with E-state index in [-0.39, 0.29) is 0 Å². The number of nitrogens with one attached hydrogen (secondary N) is 1. The molecule has 8 nitrogen and oxygen atoms in total. The number of benzene rings is 1. The topological polar surface area (TPSA) is 96.0 Å². The Bertz CT molecular complexity index is 899. The first-order valence-corrected chi connectivity index (χ1v) is 8.86. The molecule has 1 heterocycles. The maximum atomic E-state index is 12.1. The summed E-state index contributed by atoms with van der Waals surface area (Å²) in [6.45, 7) is 1.45. The minimum atomic E-state index is -1.03. The number of halogens is 1. The highest BCUT2D eigenvalue weighted by Crippen LogP contribution is 2.35. The third-order valence-corrected chi connectivity index (χ3v) is 4.00. The molecule has 0 aliphatic rings. The molecule has 1 amide bonds. The summed E-state index contributed by atoms with van der Waals surface area (Å²) in [5.41, 5.74) is 0.574. The fourth-order valence-corrected chi connectivity index (χ4v) is 2.40. The lowest BCUT2D eigenvalue weighted by Crippen LogP contribution is -2.29. The number of anilines is 1. The Hall–Kier alpha value is -3.26. The number of aromatic nitrogens is 1. The predicted molar refractivity (Wildman–Crippen MR) is 109 cm³/mol. The molecular formula is C20H21ClN2O6. The van der Waals surface area contributed by atoms with Crippen molar-refractivity contribution >= 4 is 35.4 Å². The Morgan fingerprint density at radius 1 is 1.07 bits per heavy atom. The number of methoxy groups -OCH3 is 3. The van der Waals surface area contributed by atoms with Crippen molar-refractivity contribution in [2.45, 2.75) is 13.0 Å². The van der Waals surface area contributed by atoms with E-state index in [9.17, 15) is 9.59 Å². The van der Waals surface area contributed by atoms with Gasteiger partial charge in [-0.25, -0.2) is 9.78 Å². The van der Waals surface area contributed by atoms with Gasteiger partial charge in [0, 0.05) is 23.9 Å². The minimum Gasteiger partial charge on any atom is -0.496 e. The molecule has 0 spiro atoms. The van der Waals surface area contributed by atoms with Gasteiger partial charge in [0.05, 0.1) is 26.4 Å². The lowest BCUT2D eigenvalue weighted by atomic mass is 10.1. The zero-order valence-electron chi connectivity index (χ0n) is 16.4. The maximum absolute atomic E-state index is 12.1. The molecule has 154 valence electrons. The standard InChI is InChI=1S/C20H21ClN2O6/c1-12(20(25)23-18-7-6-14(21)11-22-18)29-19(24)8-5-13-9-16(27-3)17(28-4)10-15(13)26-2/h5-12H,1-4H3,(H,22,23,25)/b8-5+. The Labute approximate surface area is 173 Å². The van der Waals surface area contributed by atoms with Gasteiger partial charge in [-0.1, -0.05) is 11.6 Å². The molecule has 0 aliphatic carbocycles. The molecule has 9 heteroatoms. The van der Waals surface area contributed by atoms with E-state index in [1.54, 1.807) is 18.2 Å². The first-order valence-electron chi connectivity index (χ1n) is 8.49. The summed E-state index contributed by atoms with van der Waals surface area (Å²) in [5.74, 6) is 0.521. The van der Waals surface area contributed by atoms with Gasteiger partial charge in [0.2, 0.25) is 0 Å². The van der Waals surface area contributed by atoms with Crippen LogP contribution in [0, 0.1) is 0 Å². The van der Waals surface area contributed by atoms with Gasteiger partial charge in [-0.15, -0.1) is 0 Å². The third kappa shape index (κ3) is 6.11. The maximum Gasteiger partial charge on any atom is 0.331 e. The number of rotatable bonds is 8. The van der Waals surface area contributed by atoms with Crippen molar-refractivity contribution in [3.05, 3.63) is 47.1 Å². The van der Waals surface area contributed by atoms with E-state index in [1.807, 2.05) is 0 Å². The molecule has 0 bridgehead atoms. The fourth-order valence-electron chi connectivity index (χ4n) is 2.29. The number of carbonyl (C=O) groups is 2. The number of hydrogen-bond acceptors (Lipinski definition) is 7. The van der Waals surface area contributed by atoms with Crippen molar-refractivity contribution in [1.29, 1.82) is 0 Å². The summed E-state index contributed by atoms with van der Waals surface area (Å²) < 4.78 is 20.9. The second kappa shape index (κ2) is 10.3. The minimum absolute atomic E-state index is 0.299. The van der Waals surface area contributed by atoms with Crippen molar-refractivity contribution in [1.82, 2.24) is 4.98 Å². The van der Waals surface area contributed by atoms with Gasteiger partial charge in [0.15, 0.2) is 17.6 Å². The van der Waals surface area contributed by atoms with Gasteiger partial charge < -0.3 is 24.3 Å². The van der Waals surface area contributed by atoms with Crippen LogP contribution in [0.5, 0.6) is 17.2 Å². The monoisotopic (exact) mass is 420 g/mol. The van der Waals surface area contributed by atoms with Crippen molar-refractivity contribution < 1.29 is 28.5 Å². The molecule has 0 saturated carbocycles. The van der Waals surface area contributed by atoms with E-state index in [4.69, 9.17) is 30.5 Å². The Morgan fingerprint density at radius 2 is 1.72 bits per heavy atom. The Morgan fingerprint density at radius 3 is 2.31 bits per heavy atom. The molecule has 1 atom stereocenters. The molecule has 29 heavy (non-hydrogen) atoms. The first-order chi connectivity index (χ1) is 13.9. The summed E-state index contributed by atoms with van der Waals surface area (Å²) in [6, 6.07) is 6.42. The quantitative estimate of drug-likeness (QED) is 0.516. The van der Waals surface area contributed by atoms with Crippen LogP contribution in [0.3, 0.4) is 0 Å². The van der Waals surface area contributed by atoms with Crippen LogP contribution >= 0.6 is 11.6 Å². The smallest absolute Gasteiger partial charge is 0.331 e. The number of ether oxygens (including phenoxy) is 4. The van der Waals surface area contributed by atoms with Crippen LogP contribution in [0.15, 0.2) is 36.5 Å². The summed E-state index contributed by atoms with van der Waals surface area (Å²) >= 11 is 5.75. The van der Waals surface area contributed by atoms with Gasteiger partial charge in [-0.05, 0) is 31.2 Å². The van der Waals surface area contributed by atoms with Crippen molar-refractivity contribution in [3.8, 4) is 17.2 Å². The highest BCUT2D eigenvalue weighted by Gasteiger charge is 2.17. The van der Waals surface area contributed by atoms with Crippen molar-refractivity contribution in [2.75, 3.05) is 26.6 Å². The zero-order valence-corrected chi connectivity index (χ0v) is 17.1. The highest BCUT2D eigenvalue weighted by atomic mass is 35.5. The molecule has 0 saturated heterocycles. The lowest BCUT2D eigenvalue weighted by molar-refractivity contribution is -0.148. The summed E-state index contributed by atoms with van der Waals surface area (Å²) in [7, 11) is 4.51. The summed E-state index contributed by atoms with van der Waals surface area (Å²) in [4.78, 5) is 28.2. The van der Waals surface area contributed by atoms with Crippen molar-refractivity contribution in [2.24, 2.45) is 0 Å². The number of nitrogens with zero attached hydrogens (tertiary/aromatic N) is 1. The summed E-state index contributed by atoms with van der Waals surface area (Å²) in [5, 5.41) is 2.98. The first kappa shape index (κ1) is 22.0. The van der Waals surface area contributed by atoms with Crippen molar-refractivity contribution in [3.63, 3.8) is 0 Å². The fraction of sp³-hybridized carbons (Fsp3) is 0.250. The molecule has 2 aromatic rings. The van der Waals surface area contributed by atoms with Crippen LogP contribution in [0.2, 0.25) is 5.02 Å². The largest absolute Gasteiger partial charge is 0.496 e. The molecule has 1 N–H and O–H groups in total. The molecule has 2 rings (SSSR count). The van der Waals surface area contributed by atoms with Crippen LogP contribution in [-0.4, -0.2) is 44.3 Å². The summed E-state index contributed by atoms with van der Waals surface area (Å²) in [6.07, 6.45) is 3.05. The van der Waals surface area contributed by atoms with Gasteiger partial charge in [0.25, 0.3) is 5.91 Å². The molecule has 0 radical (unpaired) electrons. The number of pyridine rings is 1. The molecule has 0 aliphatic heterocycles. The van der Waals surface area contributed by atoms with E-state index in [2.05, 4.69) is 10.3 Å². The second-order valence-corrected chi connectivity index (χ2v) is 6.15. The lowest BCUT2D eigenvalue weighted by Gasteiger charge is -2.13. The Kier molecular flexibility index (Phi) is 7.85. The van der Waals surface area contributed by atoms with Crippen LogP contribution in [-0.2, 0) is 14.3 Å². The van der Waals surface area contributed by atoms with Gasteiger partial charge in [0.1, 0.15) is 11.6 Å². The number of carbonyl (C=O) groups excluding carboxylic acids is 2. The number of esters is 1. The average Bonchev–Trinajstić information content (AvgIpc) is 2.72. The predicted octanol–water partition coefficient (Wildman–Crippen LogP) is 3.34. The molecule has 1 aromatic heterocycles. The van der Waals surface area contributed by atoms with Crippen LogP contribution in [0.4, 0.5) is 5.82 Å². The van der Waals surface area contributed by atoms with Gasteiger partial charge in [-0.2, -0.15) is 0 Å². The van der Waals surface area contributed by atoms with E-state index >= 15 is 0 Å². The third-order valence-electron chi connectivity index (χ3n) is 3.78. The Balaban J connectivity index is 2.03. The number of hydrogen-bond donors (Lipinski definition) is 1. The van der Waals surface area contributed by atoms with Crippen LogP contribution in [0.25, 0.3) is 6.08 Å².